The second kappa shape index (κ2) is 6.67. The van der Waals surface area contributed by atoms with E-state index < -0.39 is 28.9 Å². The van der Waals surface area contributed by atoms with Gasteiger partial charge in [-0.3, -0.25) is 9.59 Å². The molecule has 5 heteroatoms. The summed E-state index contributed by atoms with van der Waals surface area (Å²) in [6.07, 6.45) is 3.71. The fourth-order valence-electron chi connectivity index (χ4n) is 3.50. The van der Waals surface area contributed by atoms with Crippen molar-refractivity contribution in [2.24, 2.45) is 0 Å². The number of carbonyl (C=O) groups is 2. The number of rotatable bonds is 5. The fourth-order valence-corrected chi connectivity index (χ4v) is 3.50. The molecule has 132 valence electrons. The van der Waals surface area contributed by atoms with Crippen LogP contribution in [0.1, 0.15) is 28.8 Å². The Balaban J connectivity index is 2.29. The van der Waals surface area contributed by atoms with Crippen molar-refractivity contribution in [3.63, 3.8) is 0 Å². The number of hydrogen-bond acceptors (Lipinski definition) is 2. The number of hydrogen-bond donors (Lipinski definition) is 0. The van der Waals surface area contributed by atoms with Crippen molar-refractivity contribution in [2.75, 3.05) is 4.90 Å². The van der Waals surface area contributed by atoms with Crippen LogP contribution in [0, 0.1) is 11.6 Å². The van der Waals surface area contributed by atoms with E-state index >= 15 is 0 Å². The summed E-state index contributed by atoms with van der Waals surface area (Å²) in [7, 11) is 0. The molecular weight excluding hydrogens is 336 g/mol. The Kier molecular flexibility index (Phi) is 4.55. The van der Waals surface area contributed by atoms with Crippen LogP contribution in [0.4, 0.5) is 14.5 Å². The van der Waals surface area contributed by atoms with E-state index in [1.54, 1.807) is 36.4 Å². The van der Waals surface area contributed by atoms with Gasteiger partial charge in [0.15, 0.2) is 0 Å². The summed E-state index contributed by atoms with van der Waals surface area (Å²) in [6.45, 7) is 7.45. The maximum absolute atomic E-state index is 13.7. The molecule has 3 nitrogen and oxygen atoms in total. The van der Waals surface area contributed by atoms with Gasteiger partial charge < -0.3 is 0 Å². The molecule has 2 aromatic carbocycles. The lowest BCUT2D eigenvalue weighted by molar-refractivity contribution is -0.123. The molecule has 0 saturated carbocycles. The maximum Gasteiger partial charge on any atom is 0.265 e. The Bertz CT molecular complexity index is 890. The van der Waals surface area contributed by atoms with E-state index in [0.717, 1.165) is 17.0 Å². The number of nitrogens with zero attached hydrogens (tertiary/aromatic N) is 1. The van der Waals surface area contributed by atoms with Gasteiger partial charge in [0, 0.05) is 11.6 Å². The van der Waals surface area contributed by atoms with Crippen LogP contribution in [-0.4, -0.2) is 11.8 Å². The molecule has 0 fully saturated rings. The maximum atomic E-state index is 13.7. The second-order valence-electron chi connectivity index (χ2n) is 6.19. The van der Waals surface area contributed by atoms with Crippen molar-refractivity contribution in [3.05, 3.63) is 90.5 Å². The lowest BCUT2D eigenvalue weighted by Gasteiger charge is -2.41. The average molecular weight is 353 g/mol. The summed E-state index contributed by atoms with van der Waals surface area (Å²) < 4.78 is 27.4. The van der Waals surface area contributed by atoms with E-state index in [4.69, 9.17) is 0 Å². The molecule has 1 aliphatic rings. The van der Waals surface area contributed by atoms with E-state index in [1.807, 2.05) is 0 Å². The lowest BCUT2D eigenvalue weighted by Crippen LogP contribution is -2.54. The number of allylic oxidation sites excluding steroid dienone is 2. The Morgan fingerprint density at radius 2 is 1.54 bits per heavy atom. The van der Waals surface area contributed by atoms with Crippen molar-refractivity contribution >= 4 is 17.5 Å². The quantitative estimate of drug-likeness (QED) is 0.584. The monoisotopic (exact) mass is 353 g/mol. The van der Waals surface area contributed by atoms with Gasteiger partial charge in [-0.25, -0.2) is 13.7 Å². The molecule has 0 radical (unpaired) electrons. The van der Waals surface area contributed by atoms with E-state index in [-0.39, 0.29) is 18.5 Å². The Labute approximate surface area is 150 Å². The van der Waals surface area contributed by atoms with Crippen LogP contribution in [0.15, 0.2) is 67.8 Å². The summed E-state index contributed by atoms with van der Waals surface area (Å²) in [5.74, 6) is -2.89. The fraction of sp³-hybridized carbons (Fsp3) is 0.143. The van der Waals surface area contributed by atoms with E-state index in [9.17, 15) is 18.4 Å². The molecule has 0 aliphatic carbocycles. The van der Waals surface area contributed by atoms with E-state index in [1.165, 1.54) is 0 Å². The van der Waals surface area contributed by atoms with Crippen molar-refractivity contribution < 1.29 is 18.4 Å². The summed E-state index contributed by atoms with van der Waals surface area (Å²) >= 11 is 0. The number of benzene rings is 2. The number of halogens is 2. The zero-order chi connectivity index (χ0) is 18.9. The highest BCUT2D eigenvalue weighted by molar-refractivity contribution is 6.27. The highest BCUT2D eigenvalue weighted by Gasteiger charge is 2.49. The van der Waals surface area contributed by atoms with Gasteiger partial charge in [0.25, 0.3) is 5.91 Å². The van der Waals surface area contributed by atoms with Crippen molar-refractivity contribution in [1.29, 1.82) is 0 Å². The van der Waals surface area contributed by atoms with E-state index in [0.29, 0.717) is 17.2 Å². The van der Waals surface area contributed by atoms with Gasteiger partial charge in [0.1, 0.15) is 11.6 Å². The standard InChI is InChI=1S/C21H17F2NO2/c1-3-9-21(10-4-2)18-8-6-5-7-17(18)19(25)24(20(21)26)16-12-14(22)11-15(23)13-16/h3-8,11-13H,1-2,9-10H2. The number of fused-ring (bicyclic) bond motifs is 1. The first-order chi connectivity index (χ1) is 12.4. The predicted molar refractivity (Wildman–Crippen MR) is 95.9 cm³/mol. The Morgan fingerprint density at radius 1 is 0.962 bits per heavy atom. The molecule has 0 bridgehead atoms. The first-order valence-corrected chi connectivity index (χ1v) is 8.11. The minimum Gasteiger partial charge on any atom is -0.273 e. The van der Waals surface area contributed by atoms with Crippen LogP contribution in [0.3, 0.4) is 0 Å². The molecule has 0 N–H and O–H groups in total. The third kappa shape index (κ3) is 2.65. The average Bonchev–Trinajstić information content (AvgIpc) is 2.60. The number of amides is 2. The van der Waals surface area contributed by atoms with Gasteiger partial charge in [0.05, 0.1) is 11.1 Å². The van der Waals surface area contributed by atoms with Gasteiger partial charge in [-0.1, -0.05) is 30.4 Å². The first-order valence-electron chi connectivity index (χ1n) is 8.11. The molecule has 0 unspecified atom stereocenters. The van der Waals surface area contributed by atoms with Gasteiger partial charge in [0.2, 0.25) is 5.91 Å². The van der Waals surface area contributed by atoms with Crippen LogP contribution in [0.2, 0.25) is 0 Å². The molecule has 2 aromatic rings. The van der Waals surface area contributed by atoms with Gasteiger partial charge in [-0.15, -0.1) is 13.2 Å². The second-order valence-corrected chi connectivity index (χ2v) is 6.19. The smallest absolute Gasteiger partial charge is 0.265 e. The molecule has 1 aliphatic heterocycles. The number of imide groups is 1. The van der Waals surface area contributed by atoms with Crippen molar-refractivity contribution in [2.45, 2.75) is 18.3 Å². The highest BCUT2D eigenvalue weighted by Crippen LogP contribution is 2.42. The van der Waals surface area contributed by atoms with Crippen LogP contribution in [0.25, 0.3) is 0 Å². The first kappa shape index (κ1) is 17.7. The van der Waals surface area contributed by atoms with E-state index in [2.05, 4.69) is 13.2 Å². The minimum atomic E-state index is -1.10. The highest BCUT2D eigenvalue weighted by atomic mass is 19.1. The third-order valence-electron chi connectivity index (χ3n) is 4.58. The van der Waals surface area contributed by atoms with Crippen molar-refractivity contribution in [1.82, 2.24) is 0 Å². The number of anilines is 1. The normalized spacial score (nSPS) is 15.5. The SMILES string of the molecule is C=CCC1(CC=C)C(=O)N(c2cc(F)cc(F)c2)C(=O)c2ccccc21. The topological polar surface area (TPSA) is 37.4 Å². The molecule has 26 heavy (non-hydrogen) atoms. The minimum absolute atomic E-state index is 0.135. The molecule has 2 amide bonds. The van der Waals surface area contributed by atoms with Crippen LogP contribution < -0.4 is 4.90 Å². The predicted octanol–water partition coefficient (Wildman–Crippen LogP) is 4.54. The van der Waals surface area contributed by atoms with Crippen LogP contribution in [-0.2, 0) is 10.2 Å². The molecule has 3 rings (SSSR count). The van der Waals surface area contributed by atoms with Gasteiger partial charge >= 0.3 is 0 Å². The zero-order valence-electron chi connectivity index (χ0n) is 14.0. The molecule has 1 heterocycles. The molecule has 0 saturated heterocycles. The summed E-state index contributed by atoms with van der Waals surface area (Å²) in [4.78, 5) is 27.2. The molecule has 0 atom stereocenters. The molecule has 0 spiro atoms. The van der Waals surface area contributed by atoms with Gasteiger partial charge in [-0.2, -0.15) is 0 Å². The summed E-state index contributed by atoms with van der Waals surface area (Å²) in [5, 5.41) is 0. The van der Waals surface area contributed by atoms with Crippen LogP contribution >= 0.6 is 0 Å². The van der Waals surface area contributed by atoms with Crippen LogP contribution in [0.5, 0.6) is 0 Å². The Hall–Kier alpha value is -3.08. The van der Waals surface area contributed by atoms with Crippen molar-refractivity contribution in [3.8, 4) is 0 Å². The Morgan fingerprint density at radius 3 is 2.12 bits per heavy atom. The third-order valence-corrected chi connectivity index (χ3v) is 4.58. The largest absolute Gasteiger partial charge is 0.273 e. The zero-order valence-corrected chi connectivity index (χ0v) is 14.0. The molecule has 0 aromatic heterocycles. The van der Waals surface area contributed by atoms with Gasteiger partial charge in [-0.05, 0) is 36.6 Å². The summed E-state index contributed by atoms with van der Waals surface area (Å²) in [6, 6.07) is 9.40. The number of carbonyl (C=O) groups excluding carboxylic acids is 2. The summed E-state index contributed by atoms with van der Waals surface area (Å²) in [5.41, 5.74) is -0.343. The lowest BCUT2D eigenvalue weighted by atomic mass is 9.69. The molecular formula is C21H17F2NO2.